The number of nitrogens with one attached hydrogen (secondary N) is 1. The van der Waals surface area contributed by atoms with E-state index < -0.39 is 0 Å². The summed E-state index contributed by atoms with van der Waals surface area (Å²) in [4.78, 5) is 0. The zero-order valence-corrected chi connectivity index (χ0v) is 15.6. The van der Waals surface area contributed by atoms with Gasteiger partial charge in [-0.15, -0.1) is 0 Å². The van der Waals surface area contributed by atoms with E-state index in [0.717, 1.165) is 16.7 Å². The highest BCUT2D eigenvalue weighted by molar-refractivity contribution is 7.80. The van der Waals surface area contributed by atoms with E-state index >= 15 is 0 Å². The lowest BCUT2D eigenvalue weighted by Gasteiger charge is -2.17. The minimum Gasteiger partial charge on any atom is -0.493 e. The minimum atomic E-state index is -0.390. The van der Waals surface area contributed by atoms with Crippen molar-refractivity contribution in [2.24, 2.45) is 0 Å². The Kier molecular flexibility index (Phi) is 6.58. The van der Waals surface area contributed by atoms with E-state index in [1.807, 2.05) is 39.0 Å². The Labute approximate surface area is 152 Å². The third-order valence-corrected chi connectivity index (χ3v) is 4.04. The predicted octanol–water partition coefficient (Wildman–Crippen LogP) is 4.76. The maximum atomic E-state index is 14.1. The third kappa shape index (κ3) is 4.82. The van der Waals surface area contributed by atoms with Gasteiger partial charge in [-0.25, -0.2) is 4.39 Å². The van der Waals surface area contributed by atoms with Crippen LogP contribution in [0.15, 0.2) is 30.3 Å². The van der Waals surface area contributed by atoms with Gasteiger partial charge in [0, 0.05) is 0 Å². The van der Waals surface area contributed by atoms with Gasteiger partial charge in [-0.2, -0.15) is 0 Å². The SMILES string of the molecule is CCOc1cccc(NC(=S)OC)c1COc1cc(C)c(C)cc1F. The zero-order valence-electron chi connectivity index (χ0n) is 14.8. The standard InChI is InChI=1S/C19H22FNO3S/c1-5-23-17-8-6-7-16(21-19(25)22-4)14(17)11-24-18-10-13(3)12(2)9-15(18)20/h6-10H,5,11H2,1-4H3,(H,21,25). The first-order valence-electron chi connectivity index (χ1n) is 7.95. The lowest BCUT2D eigenvalue weighted by molar-refractivity contribution is 0.276. The van der Waals surface area contributed by atoms with Crippen molar-refractivity contribution >= 4 is 23.1 Å². The summed E-state index contributed by atoms with van der Waals surface area (Å²) in [5.41, 5.74) is 3.28. The Balaban J connectivity index is 2.30. The second-order valence-electron chi connectivity index (χ2n) is 5.49. The van der Waals surface area contributed by atoms with Gasteiger partial charge in [-0.05, 0) is 68.4 Å². The fraction of sp³-hybridized carbons (Fsp3) is 0.316. The van der Waals surface area contributed by atoms with Crippen LogP contribution in [0.5, 0.6) is 11.5 Å². The molecule has 2 aromatic carbocycles. The molecule has 0 aliphatic carbocycles. The van der Waals surface area contributed by atoms with Crippen LogP contribution in [0.1, 0.15) is 23.6 Å². The number of hydrogen-bond donors (Lipinski definition) is 1. The fourth-order valence-electron chi connectivity index (χ4n) is 2.30. The van der Waals surface area contributed by atoms with Crippen LogP contribution >= 0.6 is 12.2 Å². The molecule has 25 heavy (non-hydrogen) atoms. The van der Waals surface area contributed by atoms with Gasteiger partial charge in [0.15, 0.2) is 11.6 Å². The van der Waals surface area contributed by atoms with Gasteiger partial charge in [0.25, 0.3) is 5.17 Å². The molecule has 0 aliphatic rings. The zero-order chi connectivity index (χ0) is 18.4. The molecule has 0 unspecified atom stereocenters. The highest BCUT2D eigenvalue weighted by Gasteiger charge is 2.14. The number of rotatable bonds is 6. The molecule has 0 spiro atoms. The molecule has 2 aromatic rings. The molecule has 0 bridgehead atoms. The summed E-state index contributed by atoms with van der Waals surface area (Å²) in [5, 5.41) is 3.21. The summed E-state index contributed by atoms with van der Waals surface area (Å²) >= 11 is 5.06. The van der Waals surface area contributed by atoms with E-state index in [-0.39, 0.29) is 23.3 Å². The van der Waals surface area contributed by atoms with E-state index in [4.69, 9.17) is 26.4 Å². The molecule has 0 aromatic heterocycles. The summed E-state index contributed by atoms with van der Waals surface area (Å²) in [5.74, 6) is 0.462. The third-order valence-electron chi connectivity index (χ3n) is 3.78. The molecule has 6 heteroatoms. The first-order valence-corrected chi connectivity index (χ1v) is 8.36. The smallest absolute Gasteiger partial charge is 0.260 e. The van der Waals surface area contributed by atoms with Crippen LogP contribution in [0, 0.1) is 19.7 Å². The van der Waals surface area contributed by atoms with Crippen LogP contribution in [0.2, 0.25) is 0 Å². The molecule has 0 amide bonds. The van der Waals surface area contributed by atoms with Crippen LogP contribution in [-0.4, -0.2) is 18.9 Å². The quantitative estimate of drug-likeness (QED) is 0.749. The molecular weight excluding hydrogens is 341 g/mol. The van der Waals surface area contributed by atoms with Gasteiger partial charge in [0.2, 0.25) is 0 Å². The molecule has 0 heterocycles. The second kappa shape index (κ2) is 8.67. The summed E-state index contributed by atoms with van der Waals surface area (Å²) < 4.78 is 30.5. The van der Waals surface area contributed by atoms with Crippen LogP contribution < -0.4 is 14.8 Å². The number of halogens is 1. The molecule has 0 saturated heterocycles. The highest BCUT2D eigenvalue weighted by atomic mass is 32.1. The summed E-state index contributed by atoms with van der Waals surface area (Å²) in [6.45, 7) is 6.31. The summed E-state index contributed by atoms with van der Waals surface area (Å²) in [6.07, 6.45) is 0. The molecule has 1 N–H and O–H groups in total. The lowest BCUT2D eigenvalue weighted by atomic mass is 10.1. The molecular formula is C19H22FNO3S. The van der Waals surface area contributed by atoms with E-state index in [0.29, 0.717) is 18.0 Å². The number of ether oxygens (including phenoxy) is 3. The molecule has 0 atom stereocenters. The molecule has 0 saturated carbocycles. The summed E-state index contributed by atoms with van der Waals surface area (Å²) in [6, 6.07) is 8.67. The average molecular weight is 363 g/mol. The Bertz CT molecular complexity index is 765. The maximum absolute atomic E-state index is 14.1. The summed E-state index contributed by atoms with van der Waals surface area (Å²) in [7, 11) is 1.49. The van der Waals surface area contributed by atoms with E-state index in [9.17, 15) is 4.39 Å². The number of thiocarbonyl (C=S) groups is 1. The van der Waals surface area contributed by atoms with Crippen LogP contribution in [-0.2, 0) is 11.3 Å². The largest absolute Gasteiger partial charge is 0.493 e. The van der Waals surface area contributed by atoms with E-state index in [1.165, 1.54) is 13.2 Å². The van der Waals surface area contributed by atoms with Crippen molar-refractivity contribution in [3.63, 3.8) is 0 Å². The molecule has 134 valence electrons. The van der Waals surface area contributed by atoms with Gasteiger partial charge in [0.1, 0.15) is 12.4 Å². The topological polar surface area (TPSA) is 39.7 Å². The van der Waals surface area contributed by atoms with Crippen molar-refractivity contribution < 1.29 is 18.6 Å². The molecule has 4 nitrogen and oxygen atoms in total. The Morgan fingerprint density at radius 2 is 1.84 bits per heavy atom. The number of aryl methyl sites for hydroxylation is 2. The number of hydrogen-bond acceptors (Lipinski definition) is 4. The highest BCUT2D eigenvalue weighted by Crippen LogP contribution is 2.30. The van der Waals surface area contributed by atoms with Crippen molar-refractivity contribution in [3.05, 3.63) is 52.8 Å². The van der Waals surface area contributed by atoms with Crippen molar-refractivity contribution in [2.75, 3.05) is 19.0 Å². The Hall–Kier alpha value is -2.34. The van der Waals surface area contributed by atoms with Crippen LogP contribution in [0.3, 0.4) is 0 Å². The van der Waals surface area contributed by atoms with Gasteiger partial charge >= 0.3 is 0 Å². The van der Waals surface area contributed by atoms with Crippen LogP contribution in [0.4, 0.5) is 10.1 Å². The first kappa shape index (κ1) is 19.0. The van der Waals surface area contributed by atoms with Gasteiger partial charge in [0.05, 0.1) is 25.0 Å². The van der Waals surface area contributed by atoms with Gasteiger partial charge in [-0.3, -0.25) is 0 Å². The van der Waals surface area contributed by atoms with E-state index in [1.54, 1.807) is 6.07 Å². The number of anilines is 1. The maximum Gasteiger partial charge on any atom is 0.260 e. The molecule has 2 rings (SSSR count). The van der Waals surface area contributed by atoms with Crippen molar-refractivity contribution in [1.82, 2.24) is 0 Å². The fourth-order valence-corrected chi connectivity index (χ4v) is 2.41. The average Bonchev–Trinajstić information content (AvgIpc) is 2.58. The monoisotopic (exact) mass is 363 g/mol. The van der Waals surface area contributed by atoms with Gasteiger partial charge in [-0.1, -0.05) is 6.07 Å². The number of benzene rings is 2. The van der Waals surface area contributed by atoms with Crippen molar-refractivity contribution in [2.45, 2.75) is 27.4 Å². The predicted molar refractivity (Wildman–Crippen MR) is 101 cm³/mol. The Morgan fingerprint density at radius 1 is 1.12 bits per heavy atom. The van der Waals surface area contributed by atoms with E-state index in [2.05, 4.69) is 5.32 Å². The second-order valence-corrected chi connectivity index (χ2v) is 5.86. The molecule has 0 radical (unpaired) electrons. The normalized spacial score (nSPS) is 10.3. The molecule has 0 fully saturated rings. The molecule has 0 aliphatic heterocycles. The van der Waals surface area contributed by atoms with Crippen molar-refractivity contribution in [3.8, 4) is 11.5 Å². The number of methoxy groups -OCH3 is 1. The van der Waals surface area contributed by atoms with Crippen LogP contribution in [0.25, 0.3) is 0 Å². The minimum absolute atomic E-state index is 0.129. The van der Waals surface area contributed by atoms with Crippen molar-refractivity contribution in [1.29, 1.82) is 0 Å². The Morgan fingerprint density at radius 3 is 2.52 bits per heavy atom. The lowest BCUT2D eigenvalue weighted by Crippen LogP contribution is -2.14. The van der Waals surface area contributed by atoms with Gasteiger partial charge < -0.3 is 19.5 Å². The first-order chi connectivity index (χ1) is 12.0.